The quantitative estimate of drug-likeness (QED) is 0.917. The van der Waals surface area contributed by atoms with Gasteiger partial charge in [-0.2, -0.15) is 5.10 Å². The molecular formula is C16H21N3O2. The van der Waals surface area contributed by atoms with E-state index < -0.39 is 0 Å². The lowest BCUT2D eigenvalue weighted by molar-refractivity contribution is 0.171. The maximum Gasteiger partial charge on any atom is 0.163 e. The zero-order chi connectivity index (χ0) is 14.7. The highest BCUT2D eigenvalue weighted by Gasteiger charge is 2.12. The van der Waals surface area contributed by atoms with Crippen LogP contribution in [0.25, 0.3) is 5.69 Å². The van der Waals surface area contributed by atoms with Gasteiger partial charge in [-0.15, -0.1) is 0 Å². The number of benzene rings is 1. The van der Waals surface area contributed by atoms with E-state index in [-0.39, 0.29) is 0 Å². The molecule has 0 atom stereocenters. The second-order valence-corrected chi connectivity index (χ2v) is 5.60. The summed E-state index contributed by atoms with van der Waals surface area (Å²) in [6.45, 7) is 7.38. The number of aromatic nitrogens is 2. The second-order valence-electron chi connectivity index (χ2n) is 5.60. The van der Waals surface area contributed by atoms with Gasteiger partial charge in [0, 0.05) is 18.8 Å². The highest BCUT2D eigenvalue weighted by Crippen LogP contribution is 2.31. The van der Waals surface area contributed by atoms with Crippen molar-refractivity contribution in [2.24, 2.45) is 5.92 Å². The summed E-state index contributed by atoms with van der Waals surface area (Å²) in [5.41, 5.74) is 2.01. The fourth-order valence-corrected chi connectivity index (χ4v) is 2.26. The van der Waals surface area contributed by atoms with E-state index in [1.165, 1.54) is 0 Å². The molecule has 0 saturated carbocycles. The first-order chi connectivity index (χ1) is 10.2. The number of fused-ring (bicyclic) bond motifs is 1. The minimum Gasteiger partial charge on any atom is -0.486 e. The van der Waals surface area contributed by atoms with Crippen LogP contribution in [0.4, 0.5) is 0 Å². The number of hydrogen-bond donors (Lipinski definition) is 1. The number of rotatable bonds is 5. The average Bonchev–Trinajstić information content (AvgIpc) is 2.95. The summed E-state index contributed by atoms with van der Waals surface area (Å²) < 4.78 is 13.0. The van der Waals surface area contributed by atoms with Gasteiger partial charge in [0.1, 0.15) is 13.2 Å². The summed E-state index contributed by atoms with van der Waals surface area (Å²) in [5, 5.41) is 7.98. The fraction of sp³-hybridized carbons (Fsp3) is 0.438. The van der Waals surface area contributed by atoms with Gasteiger partial charge in [0.05, 0.1) is 11.4 Å². The van der Waals surface area contributed by atoms with Crippen molar-refractivity contribution in [3.8, 4) is 17.2 Å². The monoisotopic (exact) mass is 287 g/mol. The van der Waals surface area contributed by atoms with Crippen molar-refractivity contribution in [3.05, 3.63) is 36.2 Å². The van der Waals surface area contributed by atoms with Crippen LogP contribution in [0.5, 0.6) is 11.5 Å². The Labute approximate surface area is 124 Å². The predicted octanol–water partition coefficient (Wildman–Crippen LogP) is 2.39. The molecule has 2 aromatic rings. The Bertz CT molecular complexity index is 607. The highest BCUT2D eigenvalue weighted by molar-refractivity contribution is 5.49. The van der Waals surface area contributed by atoms with Crippen LogP contribution >= 0.6 is 0 Å². The summed E-state index contributed by atoms with van der Waals surface area (Å²) in [7, 11) is 0. The number of ether oxygens (including phenoxy) is 2. The van der Waals surface area contributed by atoms with Crippen LogP contribution in [0.3, 0.4) is 0 Å². The third-order valence-corrected chi connectivity index (χ3v) is 3.29. The molecule has 1 aliphatic heterocycles. The molecule has 0 radical (unpaired) electrons. The smallest absolute Gasteiger partial charge is 0.163 e. The van der Waals surface area contributed by atoms with Gasteiger partial charge >= 0.3 is 0 Å². The van der Waals surface area contributed by atoms with E-state index >= 15 is 0 Å². The van der Waals surface area contributed by atoms with Gasteiger partial charge in [-0.05, 0) is 30.7 Å². The van der Waals surface area contributed by atoms with Crippen molar-refractivity contribution >= 4 is 0 Å². The molecule has 1 N–H and O–H groups in total. The predicted molar refractivity (Wildman–Crippen MR) is 81.1 cm³/mol. The number of nitrogens with one attached hydrogen (secondary N) is 1. The largest absolute Gasteiger partial charge is 0.486 e. The van der Waals surface area contributed by atoms with Crippen molar-refractivity contribution in [1.82, 2.24) is 15.1 Å². The Balaban J connectivity index is 1.71. The lowest BCUT2D eigenvalue weighted by atomic mass is 10.2. The van der Waals surface area contributed by atoms with E-state index in [0.717, 1.165) is 36.0 Å². The first kappa shape index (κ1) is 13.9. The lowest BCUT2D eigenvalue weighted by Crippen LogP contribution is -2.19. The SMILES string of the molecule is CC(C)CNCc1ccn(-c2ccc3c(c2)OCCO3)n1. The number of nitrogens with zero attached hydrogens (tertiary/aromatic N) is 2. The molecular weight excluding hydrogens is 266 g/mol. The zero-order valence-electron chi connectivity index (χ0n) is 12.5. The van der Waals surface area contributed by atoms with Crippen LogP contribution in [-0.2, 0) is 6.54 Å². The molecule has 0 unspecified atom stereocenters. The van der Waals surface area contributed by atoms with E-state index in [9.17, 15) is 0 Å². The van der Waals surface area contributed by atoms with Crippen LogP contribution < -0.4 is 14.8 Å². The van der Waals surface area contributed by atoms with E-state index in [1.54, 1.807) is 0 Å². The summed E-state index contributed by atoms with van der Waals surface area (Å²) in [6, 6.07) is 7.92. The van der Waals surface area contributed by atoms with E-state index in [0.29, 0.717) is 19.1 Å². The van der Waals surface area contributed by atoms with Crippen LogP contribution in [0.2, 0.25) is 0 Å². The molecule has 0 amide bonds. The van der Waals surface area contributed by atoms with E-state index in [4.69, 9.17) is 9.47 Å². The molecule has 0 fully saturated rings. The topological polar surface area (TPSA) is 48.3 Å². The average molecular weight is 287 g/mol. The van der Waals surface area contributed by atoms with Gasteiger partial charge in [0.25, 0.3) is 0 Å². The van der Waals surface area contributed by atoms with Crippen molar-refractivity contribution in [1.29, 1.82) is 0 Å². The van der Waals surface area contributed by atoms with Gasteiger partial charge < -0.3 is 14.8 Å². The Morgan fingerprint density at radius 3 is 2.81 bits per heavy atom. The van der Waals surface area contributed by atoms with Gasteiger partial charge in [-0.1, -0.05) is 13.8 Å². The van der Waals surface area contributed by atoms with Gasteiger partial charge in [-0.25, -0.2) is 4.68 Å². The van der Waals surface area contributed by atoms with Gasteiger partial charge in [0.15, 0.2) is 11.5 Å². The van der Waals surface area contributed by atoms with Crippen LogP contribution in [0.15, 0.2) is 30.5 Å². The molecule has 112 valence electrons. The standard InChI is InChI=1S/C16H21N3O2/c1-12(2)10-17-11-13-5-6-19(18-13)14-3-4-15-16(9-14)21-8-7-20-15/h3-6,9,12,17H,7-8,10-11H2,1-2H3. The first-order valence-corrected chi connectivity index (χ1v) is 7.37. The Hall–Kier alpha value is -2.01. The van der Waals surface area contributed by atoms with E-state index in [2.05, 4.69) is 24.3 Å². The molecule has 21 heavy (non-hydrogen) atoms. The number of hydrogen-bond acceptors (Lipinski definition) is 4. The molecule has 1 aromatic carbocycles. The molecule has 5 heteroatoms. The first-order valence-electron chi connectivity index (χ1n) is 7.37. The Kier molecular flexibility index (Phi) is 4.10. The maximum atomic E-state index is 5.61. The zero-order valence-corrected chi connectivity index (χ0v) is 12.5. The summed E-state index contributed by atoms with van der Waals surface area (Å²) in [4.78, 5) is 0. The third-order valence-electron chi connectivity index (χ3n) is 3.29. The molecule has 3 rings (SSSR count). The van der Waals surface area contributed by atoms with Crippen molar-refractivity contribution in [2.75, 3.05) is 19.8 Å². The highest BCUT2D eigenvalue weighted by atomic mass is 16.6. The maximum absolute atomic E-state index is 5.61. The molecule has 0 bridgehead atoms. The van der Waals surface area contributed by atoms with Crippen LogP contribution in [-0.4, -0.2) is 29.5 Å². The third kappa shape index (κ3) is 3.36. The molecule has 1 aromatic heterocycles. The summed E-state index contributed by atoms with van der Waals surface area (Å²) >= 11 is 0. The molecule has 5 nitrogen and oxygen atoms in total. The summed E-state index contributed by atoms with van der Waals surface area (Å²) in [6.07, 6.45) is 1.97. The van der Waals surface area contributed by atoms with Crippen molar-refractivity contribution in [2.45, 2.75) is 20.4 Å². The lowest BCUT2D eigenvalue weighted by Gasteiger charge is -2.18. The van der Waals surface area contributed by atoms with Crippen LogP contribution in [0, 0.1) is 5.92 Å². The molecule has 1 aliphatic rings. The van der Waals surface area contributed by atoms with Crippen molar-refractivity contribution in [3.63, 3.8) is 0 Å². The Morgan fingerprint density at radius 2 is 2.00 bits per heavy atom. The minimum absolute atomic E-state index is 0.597. The van der Waals surface area contributed by atoms with Crippen LogP contribution in [0.1, 0.15) is 19.5 Å². The fourth-order valence-electron chi connectivity index (χ4n) is 2.26. The van der Waals surface area contributed by atoms with Gasteiger partial charge in [0.2, 0.25) is 0 Å². The summed E-state index contributed by atoms with van der Waals surface area (Å²) in [5.74, 6) is 2.23. The molecule has 0 saturated heterocycles. The molecule has 0 spiro atoms. The molecule has 0 aliphatic carbocycles. The molecule has 2 heterocycles. The second kappa shape index (κ2) is 6.18. The Morgan fingerprint density at radius 1 is 1.19 bits per heavy atom. The van der Waals surface area contributed by atoms with E-state index in [1.807, 2.05) is 35.1 Å². The van der Waals surface area contributed by atoms with Crippen molar-refractivity contribution < 1.29 is 9.47 Å². The normalized spacial score (nSPS) is 13.7. The van der Waals surface area contributed by atoms with Gasteiger partial charge in [-0.3, -0.25) is 0 Å². The minimum atomic E-state index is 0.597.